The van der Waals surface area contributed by atoms with E-state index in [4.69, 9.17) is 22.7 Å². The van der Waals surface area contributed by atoms with E-state index >= 15 is 0 Å². The van der Waals surface area contributed by atoms with Gasteiger partial charge in [0.1, 0.15) is 16.8 Å². The molecule has 0 radical (unpaired) electrons. The molecule has 0 aliphatic carbocycles. The predicted octanol–water partition coefficient (Wildman–Crippen LogP) is 2.10. The lowest BCUT2D eigenvalue weighted by Gasteiger charge is -2.29. The third-order valence-electron chi connectivity index (χ3n) is 3.36. The molecule has 98 valence electrons. The zero-order valence-corrected chi connectivity index (χ0v) is 11.8. The third kappa shape index (κ3) is 3.21. The highest BCUT2D eigenvalue weighted by Gasteiger charge is 2.19. The van der Waals surface area contributed by atoms with Gasteiger partial charge in [-0.25, -0.2) is 0 Å². The molecule has 0 atom stereocenters. The summed E-state index contributed by atoms with van der Waals surface area (Å²) < 4.78 is 6.06. The van der Waals surface area contributed by atoms with Crippen LogP contribution in [0.15, 0.2) is 18.2 Å². The van der Waals surface area contributed by atoms with Crippen LogP contribution in [0.4, 0.5) is 0 Å². The van der Waals surface area contributed by atoms with Crippen molar-refractivity contribution in [3.63, 3.8) is 0 Å². The average Bonchev–Trinajstić information content (AvgIpc) is 2.34. The molecule has 18 heavy (non-hydrogen) atoms. The zero-order valence-electron chi connectivity index (χ0n) is 11.0. The van der Waals surface area contributed by atoms with Gasteiger partial charge in [0.05, 0.1) is 5.56 Å². The Morgan fingerprint density at radius 1 is 1.39 bits per heavy atom. The lowest BCUT2D eigenvalue weighted by Crippen LogP contribution is -2.36. The van der Waals surface area contributed by atoms with Gasteiger partial charge < -0.3 is 15.4 Å². The number of thiocarbonyl (C=S) groups is 1. The molecule has 0 aromatic heterocycles. The monoisotopic (exact) mass is 264 g/mol. The molecule has 1 fully saturated rings. The summed E-state index contributed by atoms with van der Waals surface area (Å²) in [6.45, 7) is 4.19. The average molecular weight is 264 g/mol. The second-order valence-electron chi connectivity index (χ2n) is 4.98. The number of nitrogens with zero attached hydrogens (tertiary/aromatic N) is 1. The fourth-order valence-corrected chi connectivity index (χ4v) is 2.38. The largest absolute Gasteiger partial charge is 0.490 e. The molecule has 2 rings (SSSR count). The van der Waals surface area contributed by atoms with E-state index in [2.05, 4.69) is 11.9 Å². The number of hydrogen-bond donors (Lipinski definition) is 1. The minimum atomic E-state index is 0.275. The number of likely N-dealkylation sites (tertiary alicyclic amines) is 1. The van der Waals surface area contributed by atoms with Gasteiger partial charge in [-0.3, -0.25) is 0 Å². The van der Waals surface area contributed by atoms with E-state index in [1.54, 1.807) is 0 Å². The summed E-state index contributed by atoms with van der Waals surface area (Å²) in [7, 11) is 2.14. The van der Waals surface area contributed by atoms with Gasteiger partial charge in [0.25, 0.3) is 0 Å². The quantitative estimate of drug-likeness (QED) is 0.849. The first-order chi connectivity index (χ1) is 8.56. The van der Waals surface area contributed by atoms with E-state index in [0.29, 0.717) is 4.99 Å². The number of ether oxygens (including phenoxy) is 1. The predicted molar refractivity (Wildman–Crippen MR) is 78.2 cm³/mol. The van der Waals surface area contributed by atoms with Crippen molar-refractivity contribution in [2.24, 2.45) is 5.73 Å². The summed E-state index contributed by atoms with van der Waals surface area (Å²) in [5.74, 6) is 0.822. The lowest BCUT2D eigenvalue weighted by atomic mass is 10.1. The number of hydrogen-bond acceptors (Lipinski definition) is 3. The molecule has 3 nitrogen and oxygen atoms in total. The number of piperidine rings is 1. The minimum Gasteiger partial charge on any atom is -0.490 e. The Kier molecular flexibility index (Phi) is 4.19. The molecule has 1 heterocycles. The van der Waals surface area contributed by atoms with Gasteiger partial charge >= 0.3 is 0 Å². The van der Waals surface area contributed by atoms with E-state index in [-0.39, 0.29) is 6.10 Å². The maximum absolute atomic E-state index is 6.06. The van der Waals surface area contributed by atoms with Gasteiger partial charge in [0.2, 0.25) is 0 Å². The Morgan fingerprint density at radius 3 is 2.67 bits per heavy atom. The Bertz CT molecular complexity index is 439. The van der Waals surface area contributed by atoms with Crippen LogP contribution in [0.3, 0.4) is 0 Å². The van der Waals surface area contributed by atoms with Gasteiger partial charge in [-0.1, -0.05) is 23.8 Å². The van der Waals surface area contributed by atoms with Gasteiger partial charge in [0, 0.05) is 13.1 Å². The van der Waals surface area contributed by atoms with Crippen LogP contribution in [0.25, 0.3) is 0 Å². The molecular weight excluding hydrogens is 244 g/mol. The highest BCUT2D eigenvalue weighted by molar-refractivity contribution is 7.80. The second-order valence-corrected chi connectivity index (χ2v) is 5.42. The first-order valence-electron chi connectivity index (χ1n) is 6.32. The molecule has 0 amide bonds. The highest BCUT2D eigenvalue weighted by atomic mass is 32.1. The van der Waals surface area contributed by atoms with Crippen LogP contribution in [0.1, 0.15) is 24.0 Å². The summed E-state index contributed by atoms with van der Waals surface area (Å²) in [5.41, 5.74) is 7.75. The van der Waals surface area contributed by atoms with Crippen LogP contribution in [-0.4, -0.2) is 36.1 Å². The van der Waals surface area contributed by atoms with Crippen LogP contribution in [0, 0.1) is 6.92 Å². The third-order valence-corrected chi connectivity index (χ3v) is 3.58. The van der Waals surface area contributed by atoms with Crippen molar-refractivity contribution in [2.75, 3.05) is 20.1 Å². The first kappa shape index (κ1) is 13.3. The first-order valence-corrected chi connectivity index (χ1v) is 6.73. The van der Waals surface area contributed by atoms with E-state index in [0.717, 1.165) is 42.8 Å². The molecule has 0 unspecified atom stereocenters. The molecule has 1 aliphatic rings. The van der Waals surface area contributed by atoms with E-state index < -0.39 is 0 Å². The Labute approximate surface area is 114 Å². The number of aryl methyl sites for hydroxylation is 1. The summed E-state index contributed by atoms with van der Waals surface area (Å²) in [5, 5.41) is 0. The van der Waals surface area contributed by atoms with Crippen molar-refractivity contribution in [3.8, 4) is 5.75 Å². The molecule has 4 heteroatoms. The van der Waals surface area contributed by atoms with E-state index in [1.165, 1.54) is 0 Å². The van der Waals surface area contributed by atoms with E-state index in [1.807, 2.05) is 25.1 Å². The van der Waals surface area contributed by atoms with Crippen molar-refractivity contribution in [1.29, 1.82) is 0 Å². The van der Waals surface area contributed by atoms with Crippen LogP contribution in [0.5, 0.6) is 5.75 Å². The van der Waals surface area contributed by atoms with Crippen molar-refractivity contribution in [1.82, 2.24) is 4.90 Å². The number of nitrogens with two attached hydrogens (primary N) is 1. The molecule has 1 aliphatic heterocycles. The van der Waals surface area contributed by atoms with Crippen LogP contribution in [0.2, 0.25) is 0 Å². The molecule has 2 N–H and O–H groups in total. The summed E-state index contributed by atoms with van der Waals surface area (Å²) in [6, 6.07) is 6.00. The zero-order chi connectivity index (χ0) is 13.1. The number of rotatable bonds is 3. The van der Waals surface area contributed by atoms with Crippen molar-refractivity contribution >= 4 is 17.2 Å². The van der Waals surface area contributed by atoms with Crippen molar-refractivity contribution < 1.29 is 4.74 Å². The second kappa shape index (κ2) is 5.67. The molecule has 1 aromatic carbocycles. The normalized spacial score (nSPS) is 17.7. The Balaban J connectivity index is 2.11. The van der Waals surface area contributed by atoms with Crippen molar-refractivity contribution in [3.05, 3.63) is 29.3 Å². The standard InChI is InChI=1S/C14H20N2OS/c1-10-3-4-13(12(9-10)14(15)18)17-11-5-7-16(2)8-6-11/h3-4,9,11H,5-8H2,1-2H3,(H2,15,18). The fraction of sp³-hybridized carbons (Fsp3) is 0.500. The summed E-state index contributed by atoms with van der Waals surface area (Å²) in [4.78, 5) is 2.73. The van der Waals surface area contributed by atoms with Gasteiger partial charge in [0.15, 0.2) is 0 Å². The van der Waals surface area contributed by atoms with Crippen molar-refractivity contribution in [2.45, 2.75) is 25.9 Å². The van der Waals surface area contributed by atoms with E-state index in [9.17, 15) is 0 Å². The molecule has 0 spiro atoms. The van der Waals surface area contributed by atoms with Gasteiger partial charge in [-0.2, -0.15) is 0 Å². The minimum absolute atomic E-state index is 0.275. The topological polar surface area (TPSA) is 38.5 Å². The van der Waals surface area contributed by atoms with Crippen LogP contribution in [-0.2, 0) is 0 Å². The van der Waals surface area contributed by atoms with Crippen LogP contribution < -0.4 is 10.5 Å². The maximum atomic E-state index is 6.06. The van der Waals surface area contributed by atoms with Crippen LogP contribution >= 0.6 is 12.2 Å². The van der Waals surface area contributed by atoms with Gasteiger partial charge in [-0.15, -0.1) is 0 Å². The van der Waals surface area contributed by atoms with Gasteiger partial charge in [-0.05, 0) is 38.9 Å². The molecule has 1 aromatic rings. The molecular formula is C14H20N2OS. The smallest absolute Gasteiger partial charge is 0.129 e. The summed E-state index contributed by atoms with van der Waals surface area (Å²) in [6.07, 6.45) is 2.39. The molecule has 0 bridgehead atoms. The maximum Gasteiger partial charge on any atom is 0.129 e. The Morgan fingerprint density at radius 2 is 2.06 bits per heavy atom. The Hall–Kier alpha value is -1.13. The summed E-state index contributed by atoms with van der Waals surface area (Å²) >= 11 is 5.09. The lowest BCUT2D eigenvalue weighted by molar-refractivity contribution is 0.114. The SMILES string of the molecule is Cc1ccc(OC2CCN(C)CC2)c(C(N)=S)c1. The highest BCUT2D eigenvalue weighted by Crippen LogP contribution is 2.24. The number of benzene rings is 1. The molecule has 1 saturated heterocycles. The fourth-order valence-electron chi connectivity index (χ4n) is 2.22. The molecule has 0 saturated carbocycles.